The van der Waals surface area contributed by atoms with E-state index < -0.39 is 5.97 Å². The molecule has 1 heterocycles. The number of ether oxygens (including phenoxy) is 2. The molecule has 0 spiro atoms. The van der Waals surface area contributed by atoms with E-state index in [1.807, 2.05) is 18.2 Å². The first-order valence-corrected chi connectivity index (χ1v) is 6.80. The van der Waals surface area contributed by atoms with Gasteiger partial charge in [-0.2, -0.15) is 0 Å². The molecule has 1 aliphatic rings. The van der Waals surface area contributed by atoms with E-state index in [1.54, 1.807) is 14.2 Å². The fourth-order valence-electron chi connectivity index (χ4n) is 2.62. The quantitative estimate of drug-likeness (QED) is 0.893. The van der Waals surface area contributed by atoms with Crippen molar-refractivity contribution < 1.29 is 19.4 Å². The summed E-state index contributed by atoms with van der Waals surface area (Å²) in [5.74, 6) is 0.582. The van der Waals surface area contributed by atoms with Gasteiger partial charge in [0.1, 0.15) is 11.5 Å². The van der Waals surface area contributed by atoms with Crippen LogP contribution in [0, 0.1) is 5.92 Å². The molecule has 2 rings (SSSR count). The second kappa shape index (κ2) is 6.61. The predicted molar refractivity (Wildman–Crippen MR) is 75.2 cm³/mol. The Labute approximate surface area is 119 Å². The van der Waals surface area contributed by atoms with Crippen LogP contribution >= 0.6 is 0 Å². The molecule has 5 heteroatoms. The third-order valence-electron chi connectivity index (χ3n) is 3.74. The van der Waals surface area contributed by atoms with Gasteiger partial charge in [0, 0.05) is 24.7 Å². The fourth-order valence-corrected chi connectivity index (χ4v) is 2.62. The minimum Gasteiger partial charge on any atom is -0.497 e. The Morgan fingerprint density at radius 2 is 2.20 bits per heavy atom. The smallest absolute Gasteiger partial charge is 0.307 e. The minimum absolute atomic E-state index is 0.256. The largest absolute Gasteiger partial charge is 0.497 e. The highest BCUT2D eigenvalue weighted by Gasteiger charge is 2.25. The summed E-state index contributed by atoms with van der Waals surface area (Å²) in [5.41, 5.74) is 1.05. The molecule has 0 radical (unpaired) electrons. The van der Waals surface area contributed by atoms with Crippen LogP contribution in [0.4, 0.5) is 0 Å². The van der Waals surface area contributed by atoms with Gasteiger partial charge < -0.3 is 14.6 Å². The number of benzene rings is 1. The Kier molecular flexibility index (Phi) is 4.84. The summed E-state index contributed by atoms with van der Waals surface area (Å²) in [6, 6.07) is 5.73. The molecule has 1 N–H and O–H groups in total. The lowest BCUT2D eigenvalue weighted by Gasteiger charge is -2.31. The summed E-state index contributed by atoms with van der Waals surface area (Å²) in [7, 11) is 3.26. The van der Waals surface area contributed by atoms with Crippen molar-refractivity contribution in [3.05, 3.63) is 23.8 Å². The molecule has 1 aromatic carbocycles. The highest BCUT2D eigenvalue weighted by molar-refractivity contribution is 5.70. The van der Waals surface area contributed by atoms with Crippen molar-refractivity contribution in [3.63, 3.8) is 0 Å². The number of hydrogen-bond acceptors (Lipinski definition) is 4. The molecule has 0 amide bonds. The average Bonchev–Trinajstić information content (AvgIpc) is 2.48. The van der Waals surface area contributed by atoms with E-state index in [0.717, 1.165) is 36.4 Å². The Morgan fingerprint density at radius 3 is 2.85 bits per heavy atom. The maximum absolute atomic E-state index is 11.1. The Hall–Kier alpha value is -1.75. The summed E-state index contributed by atoms with van der Waals surface area (Å²) in [5, 5.41) is 9.12. The topological polar surface area (TPSA) is 59.0 Å². The van der Waals surface area contributed by atoms with Gasteiger partial charge >= 0.3 is 5.97 Å². The average molecular weight is 279 g/mol. The SMILES string of the molecule is COc1ccc(CN2CCC[C@@H](C(=O)O)C2)c(OC)c1. The molecule has 1 saturated heterocycles. The molecule has 0 bridgehead atoms. The van der Waals surface area contributed by atoms with Crippen LogP contribution < -0.4 is 9.47 Å². The molecule has 110 valence electrons. The Morgan fingerprint density at radius 1 is 1.40 bits per heavy atom. The first-order chi connectivity index (χ1) is 9.63. The molecule has 1 fully saturated rings. The van der Waals surface area contributed by atoms with Gasteiger partial charge in [0.25, 0.3) is 0 Å². The molecule has 1 aromatic rings. The molecular formula is C15H21NO4. The standard InChI is InChI=1S/C15H21NO4/c1-19-13-6-5-11(14(8-13)20-2)9-16-7-3-4-12(10-16)15(17)18/h5-6,8,12H,3-4,7,9-10H2,1-2H3,(H,17,18)/t12-/m1/s1. The third-order valence-corrected chi connectivity index (χ3v) is 3.74. The molecule has 0 aromatic heterocycles. The maximum atomic E-state index is 11.1. The van der Waals surface area contributed by atoms with Gasteiger partial charge in [-0.1, -0.05) is 6.07 Å². The van der Waals surface area contributed by atoms with Crippen LogP contribution in [0.5, 0.6) is 11.5 Å². The van der Waals surface area contributed by atoms with Crippen molar-refractivity contribution in [3.8, 4) is 11.5 Å². The number of hydrogen-bond donors (Lipinski definition) is 1. The van der Waals surface area contributed by atoms with Crippen LogP contribution in [0.1, 0.15) is 18.4 Å². The third kappa shape index (κ3) is 3.42. The fraction of sp³-hybridized carbons (Fsp3) is 0.533. The van der Waals surface area contributed by atoms with Gasteiger partial charge in [-0.05, 0) is 25.5 Å². The lowest BCUT2D eigenvalue weighted by molar-refractivity contribution is -0.143. The van der Waals surface area contributed by atoms with E-state index >= 15 is 0 Å². The van der Waals surface area contributed by atoms with Crippen molar-refractivity contribution in [1.82, 2.24) is 4.90 Å². The van der Waals surface area contributed by atoms with Crippen LogP contribution in [-0.4, -0.2) is 43.3 Å². The molecule has 0 saturated carbocycles. The summed E-state index contributed by atoms with van der Waals surface area (Å²) in [6.45, 7) is 2.24. The van der Waals surface area contributed by atoms with Crippen molar-refractivity contribution in [2.24, 2.45) is 5.92 Å². The van der Waals surface area contributed by atoms with Crippen LogP contribution in [0.25, 0.3) is 0 Å². The van der Waals surface area contributed by atoms with E-state index in [1.165, 1.54) is 0 Å². The van der Waals surface area contributed by atoms with E-state index in [4.69, 9.17) is 14.6 Å². The summed E-state index contributed by atoms with van der Waals surface area (Å²) in [4.78, 5) is 13.3. The number of methoxy groups -OCH3 is 2. The zero-order valence-corrected chi connectivity index (χ0v) is 12.0. The molecule has 1 aliphatic heterocycles. The van der Waals surface area contributed by atoms with Crippen LogP contribution in [-0.2, 0) is 11.3 Å². The number of piperidine rings is 1. The first kappa shape index (κ1) is 14.7. The first-order valence-electron chi connectivity index (χ1n) is 6.80. The van der Waals surface area contributed by atoms with Crippen molar-refractivity contribution >= 4 is 5.97 Å². The number of aliphatic carboxylic acids is 1. The molecule has 20 heavy (non-hydrogen) atoms. The van der Waals surface area contributed by atoms with E-state index in [0.29, 0.717) is 13.1 Å². The second-order valence-corrected chi connectivity index (χ2v) is 5.09. The van der Waals surface area contributed by atoms with Crippen LogP contribution in [0.15, 0.2) is 18.2 Å². The lowest BCUT2D eigenvalue weighted by Crippen LogP contribution is -2.38. The highest BCUT2D eigenvalue weighted by atomic mass is 16.5. The second-order valence-electron chi connectivity index (χ2n) is 5.09. The number of likely N-dealkylation sites (tertiary alicyclic amines) is 1. The summed E-state index contributed by atoms with van der Waals surface area (Å²) >= 11 is 0. The lowest BCUT2D eigenvalue weighted by atomic mass is 9.98. The zero-order valence-electron chi connectivity index (χ0n) is 12.0. The molecular weight excluding hydrogens is 258 g/mol. The Bertz CT molecular complexity index is 475. The van der Waals surface area contributed by atoms with Gasteiger partial charge in [0.15, 0.2) is 0 Å². The monoisotopic (exact) mass is 279 g/mol. The molecule has 0 aliphatic carbocycles. The summed E-state index contributed by atoms with van der Waals surface area (Å²) in [6.07, 6.45) is 1.70. The van der Waals surface area contributed by atoms with E-state index in [9.17, 15) is 4.79 Å². The molecule has 5 nitrogen and oxygen atoms in total. The van der Waals surface area contributed by atoms with E-state index in [2.05, 4.69) is 4.90 Å². The van der Waals surface area contributed by atoms with Gasteiger partial charge in [-0.15, -0.1) is 0 Å². The van der Waals surface area contributed by atoms with Crippen molar-refractivity contribution in [1.29, 1.82) is 0 Å². The minimum atomic E-state index is -0.698. The Balaban J connectivity index is 2.07. The van der Waals surface area contributed by atoms with E-state index in [-0.39, 0.29) is 5.92 Å². The zero-order chi connectivity index (χ0) is 14.5. The number of rotatable bonds is 5. The number of carbonyl (C=O) groups is 1. The number of nitrogens with zero attached hydrogens (tertiary/aromatic N) is 1. The van der Waals surface area contributed by atoms with Crippen LogP contribution in [0.3, 0.4) is 0 Å². The maximum Gasteiger partial charge on any atom is 0.307 e. The van der Waals surface area contributed by atoms with Gasteiger partial charge in [-0.25, -0.2) is 0 Å². The van der Waals surface area contributed by atoms with Crippen molar-refractivity contribution in [2.75, 3.05) is 27.3 Å². The van der Waals surface area contributed by atoms with Crippen LogP contribution in [0.2, 0.25) is 0 Å². The highest BCUT2D eigenvalue weighted by Crippen LogP contribution is 2.27. The number of carboxylic acid groups (broad SMARTS) is 1. The van der Waals surface area contributed by atoms with Gasteiger partial charge in [0.05, 0.1) is 20.1 Å². The van der Waals surface area contributed by atoms with Gasteiger partial charge in [0.2, 0.25) is 0 Å². The normalized spacial score (nSPS) is 19.6. The molecule has 0 unspecified atom stereocenters. The molecule has 1 atom stereocenters. The summed E-state index contributed by atoms with van der Waals surface area (Å²) < 4.78 is 10.6. The predicted octanol–water partition coefficient (Wildman–Crippen LogP) is 2.00. The number of carboxylic acids is 1. The van der Waals surface area contributed by atoms with Crippen molar-refractivity contribution in [2.45, 2.75) is 19.4 Å². The van der Waals surface area contributed by atoms with Gasteiger partial charge in [-0.3, -0.25) is 9.69 Å².